The van der Waals surface area contributed by atoms with Gasteiger partial charge in [0.15, 0.2) is 11.7 Å². The standard InChI is InChI=1S/C13H12BrClN2O2S/c1-7-8(2)20-13(16-7)17-12(18)6-19-11-4-3-9(15)5-10(11)14/h3-5H,6H2,1-2H3,(H,16,17,18). The van der Waals surface area contributed by atoms with Crippen molar-refractivity contribution in [2.75, 3.05) is 11.9 Å². The van der Waals surface area contributed by atoms with E-state index in [2.05, 4.69) is 26.2 Å². The fourth-order valence-electron chi connectivity index (χ4n) is 1.42. The van der Waals surface area contributed by atoms with Gasteiger partial charge >= 0.3 is 0 Å². The molecule has 1 amide bonds. The van der Waals surface area contributed by atoms with E-state index in [-0.39, 0.29) is 12.5 Å². The topological polar surface area (TPSA) is 51.2 Å². The highest BCUT2D eigenvalue weighted by Gasteiger charge is 2.09. The van der Waals surface area contributed by atoms with Crippen LogP contribution < -0.4 is 10.1 Å². The lowest BCUT2D eigenvalue weighted by atomic mass is 10.3. The summed E-state index contributed by atoms with van der Waals surface area (Å²) in [5, 5.41) is 3.89. The molecule has 0 aliphatic rings. The van der Waals surface area contributed by atoms with Crippen LogP contribution in [0.1, 0.15) is 10.6 Å². The van der Waals surface area contributed by atoms with Crippen molar-refractivity contribution in [2.45, 2.75) is 13.8 Å². The average Bonchev–Trinajstić information content (AvgIpc) is 2.67. The van der Waals surface area contributed by atoms with Crippen LogP contribution in [0.15, 0.2) is 22.7 Å². The van der Waals surface area contributed by atoms with E-state index >= 15 is 0 Å². The highest BCUT2D eigenvalue weighted by atomic mass is 79.9. The highest BCUT2D eigenvalue weighted by molar-refractivity contribution is 9.10. The molecule has 0 saturated carbocycles. The Morgan fingerprint density at radius 1 is 1.50 bits per heavy atom. The second-order valence-electron chi connectivity index (χ2n) is 4.07. The number of carbonyl (C=O) groups excluding carboxylic acids is 1. The quantitative estimate of drug-likeness (QED) is 0.871. The van der Waals surface area contributed by atoms with Crippen LogP contribution in [0.5, 0.6) is 5.75 Å². The summed E-state index contributed by atoms with van der Waals surface area (Å²) in [7, 11) is 0. The zero-order valence-corrected chi connectivity index (χ0v) is 14.0. The number of aromatic nitrogens is 1. The number of carbonyl (C=O) groups is 1. The van der Waals surface area contributed by atoms with Crippen molar-refractivity contribution >= 4 is 49.9 Å². The van der Waals surface area contributed by atoms with Gasteiger partial charge in [0.1, 0.15) is 5.75 Å². The molecule has 4 nitrogen and oxygen atoms in total. The second-order valence-corrected chi connectivity index (χ2v) is 6.57. The van der Waals surface area contributed by atoms with Crippen molar-refractivity contribution in [1.82, 2.24) is 4.98 Å². The molecule has 1 aromatic heterocycles. The number of thiazole rings is 1. The zero-order valence-electron chi connectivity index (χ0n) is 10.9. The lowest BCUT2D eigenvalue weighted by molar-refractivity contribution is -0.118. The van der Waals surface area contributed by atoms with Gasteiger partial charge in [-0.3, -0.25) is 10.1 Å². The second kappa shape index (κ2) is 6.56. The fraction of sp³-hybridized carbons (Fsp3) is 0.231. The third-order valence-electron chi connectivity index (χ3n) is 2.53. The molecule has 0 radical (unpaired) electrons. The van der Waals surface area contributed by atoms with E-state index in [9.17, 15) is 4.79 Å². The Bertz CT molecular complexity index is 626. The molecular formula is C13H12BrClN2O2S. The first-order valence-corrected chi connectivity index (χ1v) is 7.76. The van der Waals surface area contributed by atoms with E-state index in [0.29, 0.717) is 20.4 Å². The first-order chi connectivity index (χ1) is 9.45. The molecule has 0 fully saturated rings. The molecule has 0 unspecified atom stereocenters. The molecule has 0 saturated heterocycles. The van der Waals surface area contributed by atoms with Crippen LogP contribution in [0, 0.1) is 13.8 Å². The molecule has 0 bridgehead atoms. The average molecular weight is 376 g/mol. The lowest BCUT2D eigenvalue weighted by Gasteiger charge is -2.07. The number of hydrogen-bond acceptors (Lipinski definition) is 4. The minimum absolute atomic E-state index is 0.0854. The molecule has 0 atom stereocenters. The van der Waals surface area contributed by atoms with Crippen molar-refractivity contribution in [3.63, 3.8) is 0 Å². The number of aryl methyl sites for hydroxylation is 2. The number of benzene rings is 1. The minimum Gasteiger partial charge on any atom is -0.483 e. The Morgan fingerprint density at radius 3 is 2.85 bits per heavy atom. The molecule has 20 heavy (non-hydrogen) atoms. The van der Waals surface area contributed by atoms with Gasteiger partial charge in [0.05, 0.1) is 10.2 Å². The van der Waals surface area contributed by atoms with Crippen LogP contribution in [0.3, 0.4) is 0 Å². The summed E-state index contributed by atoms with van der Waals surface area (Å²) in [4.78, 5) is 17.1. The van der Waals surface area contributed by atoms with Crippen LogP contribution in [0.25, 0.3) is 0 Å². The Balaban J connectivity index is 1.92. The molecular weight excluding hydrogens is 364 g/mol. The minimum atomic E-state index is -0.249. The van der Waals surface area contributed by atoms with Gasteiger partial charge in [-0.05, 0) is 48.0 Å². The number of ether oxygens (including phenoxy) is 1. The van der Waals surface area contributed by atoms with Crippen molar-refractivity contribution in [3.05, 3.63) is 38.3 Å². The number of amides is 1. The van der Waals surface area contributed by atoms with Crippen LogP contribution in [-0.2, 0) is 4.79 Å². The molecule has 2 rings (SSSR count). The van der Waals surface area contributed by atoms with Crippen molar-refractivity contribution in [1.29, 1.82) is 0 Å². The summed E-state index contributed by atoms with van der Waals surface area (Å²) in [5.74, 6) is 0.316. The molecule has 2 aromatic rings. The monoisotopic (exact) mass is 374 g/mol. The van der Waals surface area contributed by atoms with E-state index in [1.54, 1.807) is 18.2 Å². The van der Waals surface area contributed by atoms with Gasteiger partial charge in [-0.1, -0.05) is 11.6 Å². The summed E-state index contributed by atoms with van der Waals surface area (Å²) in [6, 6.07) is 5.12. The smallest absolute Gasteiger partial charge is 0.264 e. The maximum Gasteiger partial charge on any atom is 0.264 e. The zero-order chi connectivity index (χ0) is 14.7. The Labute approximate surface area is 134 Å². The van der Waals surface area contributed by atoms with Gasteiger partial charge in [0.25, 0.3) is 5.91 Å². The molecule has 0 spiro atoms. The number of nitrogens with zero attached hydrogens (tertiary/aromatic N) is 1. The van der Waals surface area contributed by atoms with Crippen LogP contribution in [0.4, 0.5) is 5.13 Å². The lowest BCUT2D eigenvalue weighted by Crippen LogP contribution is -2.20. The van der Waals surface area contributed by atoms with Gasteiger partial charge in [-0.15, -0.1) is 11.3 Å². The van der Waals surface area contributed by atoms with E-state index in [1.165, 1.54) is 11.3 Å². The largest absolute Gasteiger partial charge is 0.483 e. The molecule has 1 aromatic carbocycles. The van der Waals surface area contributed by atoms with Gasteiger partial charge in [-0.2, -0.15) is 0 Å². The van der Waals surface area contributed by atoms with E-state index in [0.717, 1.165) is 10.6 Å². The number of halogens is 2. The van der Waals surface area contributed by atoms with Crippen LogP contribution in [-0.4, -0.2) is 17.5 Å². The van der Waals surface area contributed by atoms with Crippen molar-refractivity contribution < 1.29 is 9.53 Å². The first kappa shape index (κ1) is 15.3. The van der Waals surface area contributed by atoms with Crippen molar-refractivity contribution in [2.24, 2.45) is 0 Å². The number of anilines is 1. The summed E-state index contributed by atoms with van der Waals surface area (Å²) in [6.07, 6.45) is 0. The number of rotatable bonds is 4. The number of nitrogens with one attached hydrogen (secondary N) is 1. The van der Waals surface area contributed by atoms with Gasteiger partial charge in [-0.25, -0.2) is 4.98 Å². The molecule has 1 heterocycles. The Kier molecular flexibility index (Phi) is 5.01. The SMILES string of the molecule is Cc1nc(NC(=O)COc2ccc(Cl)cc2Br)sc1C. The number of hydrogen-bond donors (Lipinski definition) is 1. The molecule has 1 N–H and O–H groups in total. The molecule has 0 aliphatic heterocycles. The molecule has 106 valence electrons. The summed E-state index contributed by atoms with van der Waals surface area (Å²) >= 11 is 10.6. The third-order valence-corrected chi connectivity index (χ3v) is 4.37. The Hall–Kier alpha value is -1.11. The van der Waals surface area contributed by atoms with E-state index < -0.39 is 0 Å². The highest BCUT2D eigenvalue weighted by Crippen LogP contribution is 2.28. The summed E-state index contributed by atoms with van der Waals surface area (Å²) < 4.78 is 6.13. The molecule has 7 heteroatoms. The summed E-state index contributed by atoms with van der Waals surface area (Å²) in [6.45, 7) is 3.78. The fourth-order valence-corrected chi connectivity index (χ4v) is 3.05. The summed E-state index contributed by atoms with van der Waals surface area (Å²) in [5.41, 5.74) is 0.923. The predicted molar refractivity (Wildman–Crippen MR) is 84.9 cm³/mol. The third kappa shape index (κ3) is 3.94. The maximum absolute atomic E-state index is 11.8. The predicted octanol–water partition coefficient (Wildman–Crippen LogP) is 4.19. The van der Waals surface area contributed by atoms with E-state index in [4.69, 9.17) is 16.3 Å². The van der Waals surface area contributed by atoms with E-state index in [1.807, 2.05) is 13.8 Å². The van der Waals surface area contributed by atoms with Gasteiger partial charge < -0.3 is 4.74 Å². The van der Waals surface area contributed by atoms with Gasteiger partial charge in [0.2, 0.25) is 0 Å². The Morgan fingerprint density at radius 2 is 2.25 bits per heavy atom. The van der Waals surface area contributed by atoms with Gasteiger partial charge in [0, 0.05) is 9.90 Å². The van der Waals surface area contributed by atoms with Crippen LogP contribution >= 0.6 is 38.9 Å². The van der Waals surface area contributed by atoms with Crippen LogP contribution in [0.2, 0.25) is 5.02 Å². The molecule has 0 aliphatic carbocycles. The first-order valence-electron chi connectivity index (χ1n) is 5.77. The maximum atomic E-state index is 11.8. The normalized spacial score (nSPS) is 10.4. The van der Waals surface area contributed by atoms with Crippen molar-refractivity contribution in [3.8, 4) is 5.75 Å².